The Balaban J connectivity index is 2.24. The third kappa shape index (κ3) is 4.01. The Bertz CT molecular complexity index is 713. The van der Waals surface area contributed by atoms with Crippen molar-refractivity contribution in [2.24, 2.45) is 0 Å². The summed E-state index contributed by atoms with van der Waals surface area (Å²) < 4.78 is 0. The Morgan fingerprint density at radius 1 is 1.23 bits per heavy atom. The molecule has 2 amide bonds. The maximum atomic E-state index is 12.9. The number of carbonyl (C=O) groups is 2. The molecule has 0 saturated carbocycles. The normalized spacial score (nSPS) is 21.7. The number of likely N-dealkylation sites (N-methyl/N-ethyl adjacent to an activating group) is 1. The number of aliphatic hydroxyl groups excluding tert-OH is 1. The van der Waals surface area contributed by atoms with E-state index in [-0.39, 0.29) is 0 Å². The van der Waals surface area contributed by atoms with Crippen LogP contribution in [0.15, 0.2) is 48.6 Å². The van der Waals surface area contributed by atoms with E-state index in [0.29, 0.717) is 6.42 Å². The molecule has 0 heterocycles. The molecule has 1 aliphatic carbocycles. The molecule has 0 fully saturated rings. The number of hydroxylamine groups is 1. The Morgan fingerprint density at radius 2 is 1.88 bits per heavy atom. The molecule has 0 spiro atoms. The first-order chi connectivity index (χ1) is 12.3. The number of nitrogens with one attached hydrogen (secondary N) is 2. The molecule has 1 unspecified atom stereocenters. The van der Waals surface area contributed by atoms with Gasteiger partial charge in [0, 0.05) is 0 Å². The first kappa shape index (κ1) is 19.8. The molecule has 0 radical (unpaired) electrons. The highest BCUT2D eigenvalue weighted by molar-refractivity contribution is 5.95. The minimum absolute atomic E-state index is 0.403. The van der Waals surface area contributed by atoms with Gasteiger partial charge in [0.2, 0.25) is 5.91 Å². The molecule has 0 aromatic heterocycles. The van der Waals surface area contributed by atoms with Crippen molar-refractivity contribution in [3.63, 3.8) is 0 Å². The van der Waals surface area contributed by atoms with Crippen LogP contribution < -0.4 is 10.8 Å². The maximum absolute atomic E-state index is 12.9. The minimum atomic E-state index is -1.25. The highest BCUT2D eigenvalue weighted by Gasteiger charge is 2.41. The smallest absolute Gasteiger partial charge is 0.268 e. The molecular formula is C19H25N3O4. The van der Waals surface area contributed by atoms with Crippen molar-refractivity contribution in [1.82, 2.24) is 15.7 Å². The van der Waals surface area contributed by atoms with Crippen molar-refractivity contribution >= 4 is 17.4 Å². The number of rotatable bonds is 6. The predicted molar refractivity (Wildman–Crippen MR) is 98.1 cm³/mol. The average Bonchev–Trinajstić information content (AvgIpc) is 2.65. The van der Waals surface area contributed by atoms with Crippen LogP contribution in [0.3, 0.4) is 0 Å². The zero-order chi connectivity index (χ0) is 19.3. The van der Waals surface area contributed by atoms with E-state index in [1.807, 2.05) is 42.5 Å². The van der Waals surface area contributed by atoms with E-state index < -0.39 is 29.5 Å². The lowest BCUT2D eigenvalue weighted by atomic mass is 9.84. The highest BCUT2D eigenvalue weighted by atomic mass is 16.5. The third-order valence-electron chi connectivity index (χ3n) is 4.63. The summed E-state index contributed by atoms with van der Waals surface area (Å²) in [7, 11) is 3.55. The highest BCUT2D eigenvalue weighted by Crippen LogP contribution is 2.30. The van der Waals surface area contributed by atoms with Crippen molar-refractivity contribution in [3.8, 4) is 0 Å². The van der Waals surface area contributed by atoms with Crippen LogP contribution in [0.1, 0.15) is 18.9 Å². The molecule has 4 N–H and O–H groups in total. The Kier molecular flexibility index (Phi) is 6.31. The van der Waals surface area contributed by atoms with E-state index in [9.17, 15) is 14.7 Å². The summed E-state index contributed by atoms with van der Waals surface area (Å²) in [5.74, 6) is -1.31. The molecule has 1 aromatic rings. The number of amides is 2. The third-order valence-corrected chi connectivity index (χ3v) is 4.63. The molecular weight excluding hydrogens is 334 g/mol. The quantitative estimate of drug-likeness (QED) is 0.442. The van der Waals surface area contributed by atoms with Crippen LogP contribution in [0.4, 0.5) is 0 Å². The van der Waals surface area contributed by atoms with Gasteiger partial charge in [-0.25, -0.2) is 5.48 Å². The van der Waals surface area contributed by atoms with Crippen LogP contribution in [-0.4, -0.2) is 58.8 Å². The largest absolute Gasteiger partial charge is 0.391 e. The van der Waals surface area contributed by atoms with Crippen LogP contribution in [-0.2, 0) is 9.59 Å². The minimum Gasteiger partial charge on any atom is -0.391 e. The molecule has 2 rings (SSSR count). The summed E-state index contributed by atoms with van der Waals surface area (Å²) in [5.41, 5.74) is 2.53. The molecule has 140 valence electrons. The lowest BCUT2D eigenvalue weighted by Crippen LogP contribution is -2.61. The lowest BCUT2D eigenvalue weighted by molar-refractivity contribution is -0.140. The Labute approximate surface area is 153 Å². The van der Waals surface area contributed by atoms with Crippen molar-refractivity contribution in [1.29, 1.82) is 0 Å². The lowest BCUT2D eigenvalue weighted by Gasteiger charge is -2.38. The SMILES string of the molecule is C[C@@H](O)[C@H](NC(=O)C1(N(C)C)C=CC(c2ccccc2)=CC1)C(=O)NO. The molecule has 7 heteroatoms. The van der Waals surface area contributed by atoms with Gasteiger partial charge in [-0.3, -0.25) is 19.7 Å². The summed E-state index contributed by atoms with van der Waals surface area (Å²) in [6.07, 6.45) is 4.88. The topological polar surface area (TPSA) is 102 Å². The fourth-order valence-electron chi connectivity index (χ4n) is 2.92. The van der Waals surface area contributed by atoms with Gasteiger partial charge in [-0.2, -0.15) is 0 Å². The van der Waals surface area contributed by atoms with Gasteiger partial charge in [0.1, 0.15) is 11.6 Å². The summed E-state index contributed by atoms with van der Waals surface area (Å²) in [4.78, 5) is 26.4. The van der Waals surface area contributed by atoms with E-state index in [1.165, 1.54) is 12.4 Å². The molecule has 26 heavy (non-hydrogen) atoms. The predicted octanol–water partition coefficient (Wildman–Crippen LogP) is 0.701. The summed E-state index contributed by atoms with van der Waals surface area (Å²) in [5, 5.41) is 21.1. The van der Waals surface area contributed by atoms with Gasteiger partial charge in [0.25, 0.3) is 5.91 Å². The van der Waals surface area contributed by atoms with Gasteiger partial charge in [0.15, 0.2) is 0 Å². The van der Waals surface area contributed by atoms with E-state index in [4.69, 9.17) is 5.21 Å². The van der Waals surface area contributed by atoms with Crippen LogP contribution in [0.2, 0.25) is 0 Å². The number of carbonyl (C=O) groups excluding carboxylic acids is 2. The molecule has 0 bridgehead atoms. The number of nitrogens with zero attached hydrogens (tertiary/aromatic N) is 1. The molecule has 7 nitrogen and oxygen atoms in total. The second-order valence-electron chi connectivity index (χ2n) is 6.55. The molecule has 0 saturated heterocycles. The van der Waals surface area contributed by atoms with Crippen LogP contribution in [0, 0.1) is 0 Å². The molecule has 0 aliphatic heterocycles. The first-order valence-corrected chi connectivity index (χ1v) is 8.37. The number of hydrogen-bond acceptors (Lipinski definition) is 5. The zero-order valence-corrected chi connectivity index (χ0v) is 15.1. The number of hydrogen-bond donors (Lipinski definition) is 4. The van der Waals surface area contributed by atoms with Gasteiger partial charge in [-0.05, 0) is 38.6 Å². The molecule has 1 aromatic carbocycles. The molecule has 1 aliphatic rings. The number of aliphatic hydroxyl groups is 1. The number of allylic oxidation sites excluding steroid dienone is 2. The van der Waals surface area contributed by atoms with E-state index in [1.54, 1.807) is 25.1 Å². The first-order valence-electron chi connectivity index (χ1n) is 8.37. The standard InChI is InChI=1S/C19H25N3O4/c1-13(23)16(17(24)21-26)20-18(25)19(22(2)3)11-9-15(10-12-19)14-7-5-4-6-8-14/h4-11,13,16,23,26H,12H2,1-3H3,(H,20,25)(H,21,24)/t13-,16+,19?/m1/s1. The maximum Gasteiger partial charge on any atom is 0.268 e. The second kappa shape index (κ2) is 8.27. The van der Waals surface area contributed by atoms with Crippen LogP contribution in [0.25, 0.3) is 5.57 Å². The number of benzene rings is 1. The van der Waals surface area contributed by atoms with Gasteiger partial charge >= 0.3 is 0 Å². The van der Waals surface area contributed by atoms with Gasteiger partial charge in [0.05, 0.1) is 6.10 Å². The Hall–Kier alpha value is -2.48. The van der Waals surface area contributed by atoms with Crippen molar-refractivity contribution in [3.05, 3.63) is 54.1 Å². The average molecular weight is 359 g/mol. The van der Waals surface area contributed by atoms with Crippen molar-refractivity contribution in [2.45, 2.75) is 31.0 Å². The van der Waals surface area contributed by atoms with E-state index in [2.05, 4.69) is 5.32 Å². The van der Waals surface area contributed by atoms with E-state index >= 15 is 0 Å². The van der Waals surface area contributed by atoms with Crippen molar-refractivity contribution < 1.29 is 19.9 Å². The van der Waals surface area contributed by atoms with Crippen LogP contribution in [0.5, 0.6) is 0 Å². The fraction of sp³-hybridized carbons (Fsp3) is 0.368. The van der Waals surface area contributed by atoms with Crippen molar-refractivity contribution in [2.75, 3.05) is 14.1 Å². The summed E-state index contributed by atoms with van der Waals surface area (Å²) in [6.45, 7) is 1.37. The molecule has 3 atom stereocenters. The summed E-state index contributed by atoms with van der Waals surface area (Å²) >= 11 is 0. The Morgan fingerprint density at radius 3 is 2.35 bits per heavy atom. The van der Waals surface area contributed by atoms with Gasteiger partial charge in [-0.15, -0.1) is 0 Å². The van der Waals surface area contributed by atoms with Gasteiger partial charge in [-0.1, -0.05) is 48.6 Å². The second-order valence-corrected chi connectivity index (χ2v) is 6.55. The fourth-order valence-corrected chi connectivity index (χ4v) is 2.92. The monoisotopic (exact) mass is 359 g/mol. The van der Waals surface area contributed by atoms with E-state index in [0.717, 1.165) is 11.1 Å². The summed E-state index contributed by atoms with van der Waals surface area (Å²) in [6, 6.07) is 8.58. The zero-order valence-electron chi connectivity index (χ0n) is 15.1. The van der Waals surface area contributed by atoms with Gasteiger partial charge < -0.3 is 10.4 Å². The van der Waals surface area contributed by atoms with Crippen LogP contribution >= 0.6 is 0 Å².